The van der Waals surface area contributed by atoms with Gasteiger partial charge in [-0.1, -0.05) is 18.2 Å². The summed E-state index contributed by atoms with van der Waals surface area (Å²) in [5.41, 5.74) is 7.30. The van der Waals surface area contributed by atoms with E-state index in [0.717, 1.165) is 35.0 Å². The molecule has 0 bridgehead atoms. The Kier molecular flexibility index (Phi) is 3.25. The second kappa shape index (κ2) is 5.20. The Hall–Kier alpha value is -2.20. The van der Waals surface area contributed by atoms with E-state index in [1.165, 1.54) is 0 Å². The molecule has 3 rings (SSSR count). The molecule has 19 heavy (non-hydrogen) atoms. The minimum absolute atomic E-state index is 0.607. The lowest BCUT2D eigenvalue weighted by atomic mass is 10.2. The molecule has 3 N–H and O–H groups in total. The number of rotatable bonds is 4. The molecular formula is C15H16N2O2. The van der Waals surface area contributed by atoms with Gasteiger partial charge in [-0.15, -0.1) is 0 Å². The van der Waals surface area contributed by atoms with Gasteiger partial charge in [0.25, 0.3) is 0 Å². The monoisotopic (exact) mass is 256 g/mol. The van der Waals surface area contributed by atoms with E-state index in [4.69, 9.17) is 15.2 Å². The SMILES string of the molecule is NCCCOc1cccc2c1Nc1ccccc1O2. The Morgan fingerprint density at radius 3 is 2.79 bits per heavy atom. The molecule has 0 saturated heterocycles. The third-order valence-electron chi connectivity index (χ3n) is 2.96. The zero-order chi connectivity index (χ0) is 13.1. The molecule has 0 amide bonds. The Bertz CT molecular complexity index is 584. The number of hydrogen-bond acceptors (Lipinski definition) is 4. The molecule has 4 nitrogen and oxygen atoms in total. The fourth-order valence-electron chi connectivity index (χ4n) is 2.02. The first-order chi connectivity index (χ1) is 9.38. The van der Waals surface area contributed by atoms with Crippen LogP contribution in [0.2, 0.25) is 0 Å². The van der Waals surface area contributed by atoms with E-state index in [-0.39, 0.29) is 0 Å². The highest BCUT2D eigenvalue weighted by atomic mass is 16.5. The Labute approximate surface area is 112 Å². The van der Waals surface area contributed by atoms with Crippen molar-refractivity contribution in [1.29, 1.82) is 0 Å². The Morgan fingerprint density at radius 1 is 1.05 bits per heavy atom. The zero-order valence-electron chi connectivity index (χ0n) is 10.6. The van der Waals surface area contributed by atoms with Crippen LogP contribution in [0.5, 0.6) is 17.2 Å². The number of nitrogens with one attached hydrogen (secondary N) is 1. The van der Waals surface area contributed by atoms with Crippen molar-refractivity contribution >= 4 is 11.4 Å². The number of benzene rings is 2. The minimum Gasteiger partial charge on any atom is -0.491 e. The van der Waals surface area contributed by atoms with Crippen molar-refractivity contribution in [3.8, 4) is 17.2 Å². The first-order valence-corrected chi connectivity index (χ1v) is 6.38. The fourth-order valence-corrected chi connectivity index (χ4v) is 2.02. The van der Waals surface area contributed by atoms with Crippen molar-refractivity contribution < 1.29 is 9.47 Å². The molecule has 1 aliphatic heterocycles. The van der Waals surface area contributed by atoms with Crippen LogP contribution in [0, 0.1) is 0 Å². The summed E-state index contributed by atoms with van der Waals surface area (Å²) in [7, 11) is 0. The molecule has 0 unspecified atom stereocenters. The minimum atomic E-state index is 0.607. The Balaban J connectivity index is 1.88. The van der Waals surface area contributed by atoms with Crippen molar-refractivity contribution in [3.05, 3.63) is 42.5 Å². The summed E-state index contributed by atoms with van der Waals surface area (Å²) >= 11 is 0. The van der Waals surface area contributed by atoms with Crippen molar-refractivity contribution in [1.82, 2.24) is 0 Å². The van der Waals surface area contributed by atoms with Gasteiger partial charge in [-0.3, -0.25) is 0 Å². The van der Waals surface area contributed by atoms with Gasteiger partial charge in [0.2, 0.25) is 0 Å². The van der Waals surface area contributed by atoms with Gasteiger partial charge < -0.3 is 20.5 Å². The lowest BCUT2D eigenvalue weighted by Gasteiger charge is -2.23. The van der Waals surface area contributed by atoms with E-state index in [2.05, 4.69) is 5.32 Å². The predicted octanol–water partition coefficient (Wildman–Crippen LogP) is 3.26. The maximum Gasteiger partial charge on any atom is 0.154 e. The summed E-state index contributed by atoms with van der Waals surface area (Å²) < 4.78 is 11.6. The number of hydrogen-bond donors (Lipinski definition) is 2. The highest BCUT2D eigenvalue weighted by Crippen LogP contribution is 2.45. The molecule has 0 saturated carbocycles. The van der Waals surface area contributed by atoms with Gasteiger partial charge in [-0.05, 0) is 37.2 Å². The van der Waals surface area contributed by atoms with Crippen LogP contribution < -0.4 is 20.5 Å². The Morgan fingerprint density at radius 2 is 1.89 bits per heavy atom. The number of fused-ring (bicyclic) bond motifs is 2. The van der Waals surface area contributed by atoms with Gasteiger partial charge in [0.1, 0.15) is 11.4 Å². The summed E-state index contributed by atoms with van der Waals surface area (Å²) in [5, 5.41) is 3.35. The van der Waals surface area contributed by atoms with E-state index in [9.17, 15) is 0 Å². The largest absolute Gasteiger partial charge is 0.491 e. The van der Waals surface area contributed by atoms with Gasteiger partial charge >= 0.3 is 0 Å². The second-order valence-electron chi connectivity index (χ2n) is 4.34. The van der Waals surface area contributed by atoms with Gasteiger partial charge in [-0.2, -0.15) is 0 Å². The first kappa shape index (κ1) is 11.9. The van der Waals surface area contributed by atoms with Gasteiger partial charge in [0, 0.05) is 0 Å². The third-order valence-corrected chi connectivity index (χ3v) is 2.96. The molecule has 1 aliphatic rings. The van der Waals surface area contributed by atoms with Crippen molar-refractivity contribution in [2.75, 3.05) is 18.5 Å². The molecule has 2 aromatic carbocycles. The summed E-state index contributed by atoms with van der Waals surface area (Å²) in [6.07, 6.45) is 0.834. The molecule has 1 heterocycles. The van der Waals surface area contributed by atoms with Crippen molar-refractivity contribution in [3.63, 3.8) is 0 Å². The maximum absolute atomic E-state index is 5.86. The summed E-state index contributed by atoms with van der Waals surface area (Å²) in [6.45, 7) is 1.23. The lowest BCUT2D eigenvalue weighted by molar-refractivity contribution is 0.313. The van der Waals surface area contributed by atoms with Crippen LogP contribution in [-0.4, -0.2) is 13.2 Å². The molecule has 98 valence electrons. The van der Waals surface area contributed by atoms with Crippen LogP contribution in [0.3, 0.4) is 0 Å². The van der Waals surface area contributed by atoms with Gasteiger partial charge in [-0.25, -0.2) is 0 Å². The zero-order valence-corrected chi connectivity index (χ0v) is 10.6. The van der Waals surface area contributed by atoms with E-state index in [0.29, 0.717) is 13.2 Å². The standard InChI is InChI=1S/C15H16N2O2/c16-9-4-10-18-13-7-3-8-14-15(13)17-11-5-1-2-6-12(11)19-14/h1-3,5-8,17H,4,9-10,16H2. The second-order valence-corrected chi connectivity index (χ2v) is 4.34. The predicted molar refractivity (Wildman–Crippen MR) is 75.4 cm³/mol. The van der Waals surface area contributed by atoms with E-state index in [1.54, 1.807) is 0 Å². The lowest BCUT2D eigenvalue weighted by Crippen LogP contribution is -2.09. The average molecular weight is 256 g/mol. The van der Waals surface area contributed by atoms with Gasteiger partial charge in [0.15, 0.2) is 11.5 Å². The summed E-state index contributed by atoms with van der Waals surface area (Å²) in [6, 6.07) is 13.6. The molecule has 0 radical (unpaired) electrons. The first-order valence-electron chi connectivity index (χ1n) is 6.38. The molecule has 0 fully saturated rings. The van der Waals surface area contributed by atoms with Crippen molar-refractivity contribution in [2.45, 2.75) is 6.42 Å². The number of anilines is 2. The molecule has 2 aromatic rings. The van der Waals surface area contributed by atoms with Crippen LogP contribution >= 0.6 is 0 Å². The fraction of sp³-hybridized carbons (Fsp3) is 0.200. The number of ether oxygens (including phenoxy) is 2. The van der Waals surface area contributed by atoms with Crippen LogP contribution in [0.4, 0.5) is 11.4 Å². The van der Waals surface area contributed by atoms with Crippen LogP contribution in [0.1, 0.15) is 6.42 Å². The smallest absolute Gasteiger partial charge is 0.154 e. The topological polar surface area (TPSA) is 56.5 Å². The number of nitrogens with two attached hydrogens (primary N) is 1. The average Bonchev–Trinajstić information content (AvgIpc) is 2.46. The highest BCUT2D eigenvalue weighted by Gasteiger charge is 2.19. The van der Waals surface area contributed by atoms with Crippen LogP contribution in [-0.2, 0) is 0 Å². The van der Waals surface area contributed by atoms with E-state index >= 15 is 0 Å². The highest BCUT2D eigenvalue weighted by molar-refractivity contribution is 5.79. The van der Waals surface area contributed by atoms with Gasteiger partial charge in [0.05, 0.1) is 12.3 Å². The molecule has 0 spiro atoms. The summed E-state index contributed by atoms with van der Waals surface area (Å²) in [5.74, 6) is 2.40. The van der Waals surface area contributed by atoms with Crippen LogP contribution in [0.15, 0.2) is 42.5 Å². The third kappa shape index (κ3) is 2.35. The van der Waals surface area contributed by atoms with E-state index < -0.39 is 0 Å². The molecule has 0 aliphatic carbocycles. The van der Waals surface area contributed by atoms with Crippen LogP contribution in [0.25, 0.3) is 0 Å². The quantitative estimate of drug-likeness (QED) is 0.703. The number of para-hydroxylation sites is 3. The molecule has 4 heteroatoms. The maximum atomic E-state index is 5.86. The molecule has 0 atom stereocenters. The van der Waals surface area contributed by atoms with E-state index in [1.807, 2.05) is 42.5 Å². The van der Waals surface area contributed by atoms with Crippen molar-refractivity contribution in [2.24, 2.45) is 5.73 Å². The molecule has 0 aromatic heterocycles. The normalized spacial score (nSPS) is 11.8. The molecular weight excluding hydrogens is 240 g/mol. The summed E-state index contributed by atoms with van der Waals surface area (Å²) in [4.78, 5) is 0.